The first kappa shape index (κ1) is 11.8. The first-order valence-electron chi connectivity index (χ1n) is 3.98. The summed E-state index contributed by atoms with van der Waals surface area (Å²) in [6.07, 6.45) is -0.264. The third-order valence-electron chi connectivity index (χ3n) is 1.88. The molecule has 0 aromatic heterocycles. The minimum Gasteiger partial charge on any atom is -0.495 e. The molecule has 5 heteroatoms. The topological polar surface area (TPSA) is 44.5 Å². The SMILES string of the molecule is COc1c(Br)cc(Cl)cc1C(C)ON. The van der Waals surface area contributed by atoms with Crippen molar-refractivity contribution in [1.29, 1.82) is 0 Å². The Labute approximate surface area is 96.2 Å². The maximum Gasteiger partial charge on any atom is 0.139 e. The number of hydrogen-bond acceptors (Lipinski definition) is 3. The second kappa shape index (κ2) is 4.98. The molecular formula is C9H11BrClNO2. The number of hydrogen-bond donors (Lipinski definition) is 1. The quantitative estimate of drug-likeness (QED) is 0.866. The van der Waals surface area contributed by atoms with Crippen LogP contribution in [0.1, 0.15) is 18.6 Å². The molecule has 0 saturated heterocycles. The van der Waals surface area contributed by atoms with Crippen LogP contribution in [0.15, 0.2) is 16.6 Å². The Hall–Kier alpha value is -0.290. The molecule has 0 radical (unpaired) electrons. The summed E-state index contributed by atoms with van der Waals surface area (Å²) in [5.41, 5.74) is 0.814. The van der Waals surface area contributed by atoms with Crippen molar-refractivity contribution in [3.8, 4) is 5.75 Å². The van der Waals surface area contributed by atoms with Crippen LogP contribution in [0.25, 0.3) is 0 Å². The average molecular weight is 281 g/mol. The van der Waals surface area contributed by atoms with Crippen LogP contribution in [-0.4, -0.2) is 7.11 Å². The molecule has 0 spiro atoms. The first-order chi connectivity index (χ1) is 6.60. The molecule has 1 aromatic carbocycles. The highest BCUT2D eigenvalue weighted by atomic mass is 79.9. The van der Waals surface area contributed by atoms with Crippen molar-refractivity contribution in [3.63, 3.8) is 0 Å². The zero-order chi connectivity index (χ0) is 10.7. The van der Waals surface area contributed by atoms with Crippen molar-refractivity contribution in [2.24, 2.45) is 5.90 Å². The monoisotopic (exact) mass is 279 g/mol. The molecule has 0 heterocycles. The smallest absolute Gasteiger partial charge is 0.139 e. The fraction of sp³-hybridized carbons (Fsp3) is 0.333. The van der Waals surface area contributed by atoms with E-state index in [1.54, 1.807) is 19.2 Å². The zero-order valence-corrected chi connectivity index (χ0v) is 10.2. The molecule has 0 bridgehead atoms. The van der Waals surface area contributed by atoms with Crippen molar-refractivity contribution in [2.75, 3.05) is 7.11 Å². The van der Waals surface area contributed by atoms with Crippen LogP contribution in [0.3, 0.4) is 0 Å². The van der Waals surface area contributed by atoms with Gasteiger partial charge in [-0.1, -0.05) is 11.6 Å². The van der Waals surface area contributed by atoms with E-state index in [0.29, 0.717) is 10.8 Å². The van der Waals surface area contributed by atoms with E-state index < -0.39 is 0 Å². The van der Waals surface area contributed by atoms with Crippen LogP contribution in [0.5, 0.6) is 5.75 Å². The van der Waals surface area contributed by atoms with Gasteiger partial charge in [0.15, 0.2) is 0 Å². The second-order valence-corrected chi connectivity index (χ2v) is 4.08. The van der Waals surface area contributed by atoms with E-state index in [2.05, 4.69) is 15.9 Å². The number of methoxy groups -OCH3 is 1. The maximum absolute atomic E-state index is 5.90. The molecule has 0 aliphatic rings. The highest BCUT2D eigenvalue weighted by molar-refractivity contribution is 9.10. The molecule has 78 valence electrons. The molecule has 3 nitrogen and oxygen atoms in total. The predicted molar refractivity (Wildman–Crippen MR) is 59.4 cm³/mol. The van der Waals surface area contributed by atoms with Gasteiger partial charge in [0.2, 0.25) is 0 Å². The molecule has 0 aliphatic carbocycles. The minimum atomic E-state index is -0.264. The number of halogens is 2. The van der Waals surface area contributed by atoms with Crippen LogP contribution in [0.2, 0.25) is 5.02 Å². The van der Waals surface area contributed by atoms with Crippen molar-refractivity contribution >= 4 is 27.5 Å². The maximum atomic E-state index is 5.90. The summed E-state index contributed by atoms with van der Waals surface area (Å²) in [5.74, 6) is 5.80. The van der Waals surface area contributed by atoms with Crippen molar-refractivity contribution < 1.29 is 9.57 Å². The third-order valence-corrected chi connectivity index (χ3v) is 2.69. The standard InChI is InChI=1S/C9H11BrClNO2/c1-5(14-12)7-3-6(11)4-8(10)9(7)13-2/h3-5H,12H2,1-2H3. The molecule has 1 atom stereocenters. The Bertz CT molecular complexity index is 333. The van der Waals surface area contributed by atoms with Gasteiger partial charge in [0.1, 0.15) is 11.9 Å². The van der Waals surface area contributed by atoms with Crippen LogP contribution in [-0.2, 0) is 4.84 Å². The van der Waals surface area contributed by atoms with Crippen molar-refractivity contribution in [2.45, 2.75) is 13.0 Å². The predicted octanol–water partition coefficient (Wildman–Crippen LogP) is 3.06. The lowest BCUT2D eigenvalue weighted by Gasteiger charge is -2.15. The van der Waals surface area contributed by atoms with E-state index in [1.807, 2.05) is 6.92 Å². The lowest BCUT2D eigenvalue weighted by Crippen LogP contribution is -2.07. The van der Waals surface area contributed by atoms with Crippen molar-refractivity contribution in [3.05, 3.63) is 27.2 Å². The van der Waals surface area contributed by atoms with Gasteiger partial charge in [0.05, 0.1) is 11.6 Å². The Morgan fingerprint density at radius 3 is 2.64 bits per heavy atom. The van der Waals surface area contributed by atoms with Gasteiger partial charge in [-0.05, 0) is 35.0 Å². The van der Waals surface area contributed by atoms with Gasteiger partial charge in [0.25, 0.3) is 0 Å². The van der Waals surface area contributed by atoms with Crippen LogP contribution in [0.4, 0.5) is 0 Å². The Balaban J connectivity index is 3.24. The van der Waals surface area contributed by atoms with Gasteiger partial charge in [-0.25, -0.2) is 5.90 Å². The van der Waals surface area contributed by atoms with Gasteiger partial charge < -0.3 is 4.74 Å². The fourth-order valence-electron chi connectivity index (χ4n) is 1.17. The summed E-state index contributed by atoms with van der Waals surface area (Å²) in [6, 6.07) is 3.52. The van der Waals surface area contributed by atoms with Crippen molar-refractivity contribution in [1.82, 2.24) is 0 Å². The molecule has 0 aliphatic heterocycles. The van der Waals surface area contributed by atoms with Crippen LogP contribution >= 0.6 is 27.5 Å². The largest absolute Gasteiger partial charge is 0.495 e. The first-order valence-corrected chi connectivity index (χ1v) is 5.15. The van der Waals surface area contributed by atoms with E-state index in [0.717, 1.165) is 10.0 Å². The van der Waals surface area contributed by atoms with E-state index >= 15 is 0 Å². The van der Waals surface area contributed by atoms with Gasteiger partial charge in [-0.15, -0.1) is 0 Å². The summed E-state index contributed by atoms with van der Waals surface area (Å²) in [6.45, 7) is 1.82. The minimum absolute atomic E-state index is 0.264. The molecule has 0 fully saturated rings. The summed E-state index contributed by atoms with van der Waals surface area (Å²) in [7, 11) is 1.58. The lowest BCUT2D eigenvalue weighted by atomic mass is 10.1. The van der Waals surface area contributed by atoms with Gasteiger partial charge in [-0.2, -0.15) is 0 Å². The summed E-state index contributed by atoms with van der Waals surface area (Å²) >= 11 is 9.25. The molecule has 1 aromatic rings. The molecular weight excluding hydrogens is 269 g/mol. The molecule has 2 N–H and O–H groups in total. The number of ether oxygens (including phenoxy) is 1. The lowest BCUT2D eigenvalue weighted by molar-refractivity contribution is 0.0645. The normalized spacial score (nSPS) is 12.6. The Kier molecular flexibility index (Phi) is 4.19. The number of benzene rings is 1. The molecule has 1 unspecified atom stereocenters. The van der Waals surface area contributed by atoms with E-state index in [1.165, 1.54) is 0 Å². The van der Waals surface area contributed by atoms with Gasteiger partial charge in [0, 0.05) is 10.6 Å². The van der Waals surface area contributed by atoms with Crippen LogP contribution in [0, 0.1) is 0 Å². The van der Waals surface area contributed by atoms with E-state index in [9.17, 15) is 0 Å². The molecule has 0 saturated carbocycles. The van der Waals surface area contributed by atoms with E-state index in [-0.39, 0.29) is 6.10 Å². The Morgan fingerprint density at radius 1 is 1.50 bits per heavy atom. The van der Waals surface area contributed by atoms with Gasteiger partial charge in [-0.3, -0.25) is 4.84 Å². The number of rotatable bonds is 3. The summed E-state index contributed by atoms with van der Waals surface area (Å²) in [5, 5.41) is 0.608. The highest BCUT2D eigenvalue weighted by Crippen LogP contribution is 2.36. The zero-order valence-electron chi connectivity index (χ0n) is 7.88. The molecule has 1 rings (SSSR count). The second-order valence-electron chi connectivity index (χ2n) is 2.79. The third kappa shape index (κ3) is 2.39. The van der Waals surface area contributed by atoms with Gasteiger partial charge >= 0.3 is 0 Å². The number of nitrogens with two attached hydrogens (primary N) is 1. The fourth-order valence-corrected chi connectivity index (χ4v) is 2.17. The van der Waals surface area contributed by atoms with E-state index in [4.69, 9.17) is 27.1 Å². The van der Waals surface area contributed by atoms with Crippen LogP contribution < -0.4 is 10.6 Å². The molecule has 14 heavy (non-hydrogen) atoms. The summed E-state index contributed by atoms with van der Waals surface area (Å²) in [4.78, 5) is 4.73. The highest BCUT2D eigenvalue weighted by Gasteiger charge is 2.15. The molecule has 0 amide bonds. The summed E-state index contributed by atoms with van der Waals surface area (Å²) < 4.78 is 6.00. The average Bonchev–Trinajstić information content (AvgIpc) is 2.15. The Morgan fingerprint density at radius 2 is 2.14 bits per heavy atom.